The molecule has 0 saturated heterocycles. The molecule has 0 bridgehead atoms. The highest BCUT2D eigenvalue weighted by Crippen LogP contribution is 2.27. The minimum atomic E-state index is -3.56. The van der Waals surface area contributed by atoms with Crippen molar-refractivity contribution in [3.05, 3.63) is 58.6 Å². The maximum absolute atomic E-state index is 12.8. The minimum absolute atomic E-state index is 0.214. The fourth-order valence-electron chi connectivity index (χ4n) is 2.81. The highest BCUT2D eigenvalue weighted by atomic mass is 79.9. The van der Waals surface area contributed by atoms with E-state index in [1.165, 1.54) is 20.7 Å². The van der Waals surface area contributed by atoms with E-state index in [9.17, 15) is 8.42 Å². The Morgan fingerprint density at radius 2 is 1.79 bits per heavy atom. The number of nitrogen functional groups attached to an aromatic ring is 1. The number of hydrogen-bond acceptors (Lipinski definition) is 6. The highest BCUT2D eigenvalue weighted by molar-refractivity contribution is 9.10. The van der Waals surface area contributed by atoms with Crippen LogP contribution in [0.5, 0.6) is 0 Å². The standard InChI is InChI=1S/C19H22BrN5O2S2/c1-3-24(4-2)29(26,27)17-7-5-6-15(12-17)18-22-23-19(25(18)21)28-13-14-8-10-16(20)11-9-14/h5-12H,3-4,13,21H2,1-2H3. The molecule has 2 N–H and O–H groups in total. The second kappa shape index (κ2) is 9.29. The normalized spacial score (nSPS) is 11.9. The Balaban J connectivity index is 1.84. The van der Waals surface area contributed by atoms with Gasteiger partial charge in [-0.3, -0.25) is 0 Å². The summed E-state index contributed by atoms with van der Waals surface area (Å²) in [6.45, 7) is 4.45. The van der Waals surface area contributed by atoms with E-state index >= 15 is 0 Å². The molecule has 3 rings (SSSR count). The fraction of sp³-hybridized carbons (Fsp3) is 0.263. The van der Waals surface area contributed by atoms with Crippen LogP contribution >= 0.6 is 27.7 Å². The first-order chi connectivity index (χ1) is 13.9. The first kappa shape index (κ1) is 21.8. The number of hydrogen-bond donors (Lipinski definition) is 1. The molecule has 1 heterocycles. The number of benzene rings is 2. The molecule has 0 spiro atoms. The third-order valence-electron chi connectivity index (χ3n) is 4.38. The van der Waals surface area contributed by atoms with E-state index in [0.717, 1.165) is 10.0 Å². The number of nitrogens with two attached hydrogens (primary N) is 1. The monoisotopic (exact) mass is 495 g/mol. The van der Waals surface area contributed by atoms with Gasteiger partial charge in [-0.25, -0.2) is 13.1 Å². The van der Waals surface area contributed by atoms with E-state index in [1.54, 1.807) is 24.3 Å². The van der Waals surface area contributed by atoms with Crippen molar-refractivity contribution in [1.29, 1.82) is 0 Å². The zero-order valence-electron chi connectivity index (χ0n) is 16.1. The molecular weight excluding hydrogens is 474 g/mol. The summed E-state index contributed by atoms with van der Waals surface area (Å²) in [6.07, 6.45) is 0. The Hall–Kier alpha value is -1.88. The van der Waals surface area contributed by atoms with Gasteiger partial charge in [-0.2, -0.15) is 4.31 Å². The van der Waals surface area contributed by atoms with Crippen molar-refractivity contribution in [1.82, 2.24) is 19.2 Å². The largest absolute Gasteiger partial charge is 0.335 e. The maximum Gasteiger partial charge on any atom is 0.243 e. The van der Waals surface area contributed by atoms with E-state index in [-0.39, 0.29) is 4.90 Å². The second-order valence-electron chi connectivity index (χ2n) is 6.21. The van der Waals surface area contributed by atoms with Crippen LogP contribution in [0.15, 0.2) is 63.1 Å². The van der Waals surface area contributed by atoms with Gasteiger partial charge in [0.05, 0.1) is 4.90 Å². The Morgan fingerprint density at radius 1 is 1.10 bits per heavy atom. The summed E-state index contributed by atoms with van der Waals surface area (Å²) in [7, 11) is -3.56. The van der Waals surface area contributed by atoms with Crippen LogP contribution in [0.4, 0.5) is 0 Å². The summed E-state index contributed by atoms with van der Waals surface area (Å²) < 4.78 is 29.4. The summed E-state index contributed by atoms with van der Waals surface area (Å²) in [5.74, 6) is 7.31. The predicted molar refractivity (Wildman–Crippen MR) is 119 cm³/mol. The van der Waals surface area contributed by atoms with Gasteiger partial charge in [0.15, 0.2) is 5.82 Å². The molecule has 0 saturated carbocycles. The van der Waals surface area contributed by atoms with Crippen LogP contribution in [0.3, 0.4) is 0 Å². The molecule has 1 aromatic heterocycles. The molecule has 154 valence electrons. The van der Waals surface area contributed by atoms with Crippen molar-refractivity contribution in [3.63, 3.8) is 0 Å². The van der Waals surface area contributed by atoms with Crippen molar-refractivity contribution in [3.8, 4) is 11.4 Å². The third-order valence-corrected chi connectivity index (χ3v) is 7.97. The zero-order valence-corrected chi connectivity index (χ0v) is 19.3. The third kappa shape index (κ3) is 4.82. The number of thioether (sulfide) groups is 1. The van der Waals surface area contributed by atoms with E-state index in [2.05, 4.69) is 26.1 Å². The quantitative estimate of drug-likeness (QED) is 0.377. The second-order valence-corrected chi connectivity index (χ2v) is 10.0. The number of sulfonamides is 1. The molecule has 0 radical (unpaired) electrons. The molecule has 7 nitrogen and oxygen atoms in total. The summed E-state index contributed by atoms with van der Waals surface area (Å²) in [6, 6.07) is 14.6. The lowest BCUT2D eigenvalue weighted by Gasteiger charge is -2.18. The first-order valence-electron chi connectivity index (χ1n) is 9.05. The Morgan fingerprint density at radius 3 is 2.45 bits per heavy atom. The first-order valence-corrected chi connectivity index (χ1v) is 12.3. The van der Waals surface area contributed by atoms with Gasteiger partial charge in [0.1, 0.15) is 0 Å². The van der Waals surface area contributed by atoms with Gasteiger partial charge in [-0.15, -0.1) is 10.2 Å². The molecule has 0 fully saturated rings. The highest BCUT2D eigenvalue weighted by Gasteiger charge is 2.23. The van der Waals surface area contributed by atoms with Crippen molar-refractivity contribution in [2.45, 2.75) is 29.7 Å². The molecule has 0 aliphatic carbocycles. The average molecular weight is 496 g/mol. The van der Waals surface area contributed by atoms with Crippen LogP contribution < -0.4 is 5.84 Å². The van der Waals surface area contributed by atoms with Crippen LogP contribution in [-0.4, -0.2) is 40.7 Å². The lowest BCUT2D eigenvalue weighted by atomic mass is 10.2. The summed E-state index contributed by atoms with van der Waals surface area (Å²) >= 11 is 4.89. The molecular formula is C19H22BrN5O2S2. The Labute approximate surface area is 183 Å². The Bertz CT molecular complexity index is 1080. The minimum Gasteiger partial charge on any atom is -0.335 e. The Kier molecular flexibility index (Phi) is 6.99. The lowest BCUT2D eigenvalue weighted by molar-refractivity contribution is 0.445. The van der Waals surface area contributed by atoms with Crippen LogP contribution in [0, 0.1) is 0 Å². The van der Waals surface area contributed by atoms with Crippen molar-refractivity contribution < 1.29 is 8.42 Å². The fourth-order valence-corrected chi connectivity index (χ4v) is 5.39. The van der Waals surface area contributed by atoms with Gasteiger partial charge in [0.25, 0.3) is 0 Å². The smallest absolute Gasteiger partial charge is 0.243 e. The molecule has 0 aliphatic rings. The molecule has 29 heavy (non-hydrogen) atoms. The molecule has 3 aromatic rings. The SMILES string of the molecule is CCN(CC)S(=O)(=O)c1cccc(-c2nnc(SCc3ccc(Br)cc3)n2N)c1. The molecule has 0 atom stereocenters. The number of halogens is 1. The maximum atomic E-state index is 12.8. The van der Waals surface area contributed by atoms with Crippen LogP contribution in [0.1, 0.15) is 19.4 Å². The zero-order chi connectivity index (χ0) is 21.0. The summed E-state index contributed by atoms with van der Waals surface area (Å²) in [5, 5.41) is 8.89. The molecule has 0 unspecified atom stereocenters. The number of nitrogens with zero attached hydrogens (tertiary/aromatic N) is 4. The van der Waals surface area contributed by atoms with E-state index in [4.69, 9.17) is 5.84 Å². The van der Waals surface area contributed by atoms with Crippen molar-refractivity contribution >= 4 is 37.7 Å². The molecule has 2 aromatic carbocycles. The van der Waals surface area contributed by atoms with E-state index in [0.29, 0.717) is 35.4 Å². The van der Waals surface area contributed by atoms with E-state index < -0.39 is 10.0 Å². The number of aromatic nitrogens is 3. The average Bonchev–Trinajstić information content (AvgIpc) is 3.09. The van der Waals surface area contributed by atoms with Crippen LogP contribution in [-0.2, 0) is 15.8 Å². The van der Waals surface area contributed by atoms with Crippen molar-refractivity contribution in [2.75, 3.05) is 18.9 Å². The van der Waals surface area contributed by atoms with Gasteiger partial charge in [-0.05, 0) is 29.8 Å². The van der Waals surface area contributed by atoms with Crippen molar-refractivity contribution in [2.24, 2.45) is 0 Å². The predicted octanol–water partition coefficient (Wildman–Crippen LogP) is 3.74. The van der Waals surface area contributed by atoms with Gasteiger partial charge in [0, 0.05) is 28.9 Å². The van der Waals surface area contributed by atoms with Gasteiger partial charge < -0.3 is 5.84 Å². The summed E-state index contributed by atoms with van der Waals surface area (Å²) in [5.41, 5.74) is 1.73. The van der Waals surface area contributed by atoms with Crippen LogP contribution in [0.25, 0.3) is 11.4 Å². The number of rotatable bonds is 8. The van der Waals surface area contributed by atoms with Gasteiger partial charge in [-0.1, -0.05) is 65.8 Å². The van der Waals surface area contributed by atoms with Gasteiger partial charge >= 0.3 is 0 Å². The topological polar surface area (TPSA) is 94.1 Å². The summed E-state index contributed by atoms with van der Waals surface area (Å²) in [4.78, 5) is 0.214. The van der Waals surface area contributed by atoms with Crippen LogP contribution in [0.2, 0.25) is 0 Å². The van der Waals surface area contributed by atoms with E-state index in [1.807, 2.05) is 38.1 Å². The van der Waals surface area contributed by atoms with Gasteiger partial charge in [0.2, 0.25) is 15.2 Å². The lowest BCUT2D eigenvalue weighted by Crippen LogP contribution is -2.30. The molecule has 10 heteroatoms. The molecule has 0 aliphatic heterocycles. The molecule has 0 amide bonds.